The number of aromatic nitrogens is 2. The monoisotopic (exact) mass is 243 g/mol. The molecule has 5 heteroatoms. The Bertz CT molecular complexity index is 368. The Hall–Kier alpha value is -0.870. The summed E-state index contributed by atoms with van der Waals surface area (Å²) in [6.07, 6.45) is 0.400. The third-order valence-electron chi connectivity index (χ3n) is 2.42. The highest BCUT2D eigenvalue weighted by atomic mass is 35.5. The van der Waals surface area contributed by atoms with Crippen LogP contribution in [0.1, 0.15) is 24.7 Å². The van der Waals surface area contributed by atoms with Gasteiger partial charge in [0.25, 0.3) is 0 Å². The lowest BCUT2D eigenvalue weighted by Gasteiger charge is -2.21. The maximum absolute atomic E-state index is 9.24. The fraction of sp³-hybridized carbons (Fsp3) is 0.636. The molecule has 0 bridgehead atoms. The van der Waals surface area contributed by atoms with Crippen LogP contribution in [-0.2, 0) is 0 Å². The zero-order valence-electron chi connectivity index (χ0n) is 10.2. The van der Waals surface area contributed by atoms with Crippen LogP contribution in [0, 0.1) is 13.8 Å². The SMILES string of the molecule is Cc1nc(Cl)c(C)c(N(C)CCC(C)O)n1. The minimum absolute atomic E-state index is 0.304. The zero-order valence-corrected chi connectivity index (χ0v) is 10.9. The second-order valence-electron chi connectivity index (χ2n) is 4.07. The van der Waals surface area contributed by atoms with Crippen LogP contribution < -0.4 is 4.90 Å². The molecule has 0 amide bonds. The molecule has 1 N–H and O–H groups in total. The molecule has 0 spiro atoms. The first kappa shape index (κ1) is 13.2. The van der Waals surface area contributed by atoms with Gasteiger partial charge >= 0.3 is 0 Å². The van der Waals surface area contributed by atoms with Gasteiger partial charge in [0, 0.05) is 19.2 Å². The first-order valence-corrected chi connectivity index (χ1v) is 5.69. The Morgan fingerprint density at radius 1 is 1.38 bits per heavy atom. The van der Waals surface area contributed by atoms with E-state index in [4.69, 9.17) is 11.6 Å². The molecule has 1 atom stereocenters. The van der Waals surface area contributed by atoms with Gasteiger partial charge in [-0.1, -0.05) is 11.6 Å². The number of aliphatic hydroxyl groups is 1. The molecule has 0 saturated carbocycles. The standard InChI is InChI=1S/C11H18ClN3O/c1-7(16)5-6-15(4)11-8(2)10(12)13-9(3)14-11/h7,16H,5-6H2,1-4H3. The van der Waals surface area contributed by atoms with Crippen molar-refractivity contribution in [3.8, 4) is 0 Å². The lowest BCUT2D eigenvalue weighted by molar-refractivity contribution is 0.187. The van der Waals surface area contributed by atoms with Gasteiger partial charge in [0.2, 0.25) is 0 Å². The van der Waals surface area contributed by atoms with E-state index in [-0.39, 0.29) is 6.10 Å². The summed E-state index contributed by atoms with van der Waals surface area (Å²) in [7, 11) is 1.94. The molecule has 4 nitrogen and oxygen atoms in total. The van der Waals surface area contributed by atoms with E-state index in [0.29, 0.717) is 17.4 Å². The maximum Gasteiger partial charge on any atom is 0.137 e. The average molecular weight is 244 g/mol. The number of aryl methyl sites for hydroxylation is 1. The normalized spacial score (nSPS) is 12.6. The van der Waals surface area contributed by atoms with Gasteiger partial charge in [-0.15, -0.1) is 0 Å². The summed E-state index contributed by atoms with van der Waals surface area (Å²) in [6, 6.07) is 0. The van der Waals surface area contributed by atoms with Gasteiger partial charge in [-0.05, 0) is 27.2 Å². The quantitative estimate of drug-likeness (QED) is 0.822. The van der Waals surface area contributed by atoms with Crippen molar-refractivity contribution in [1.82, 2.24) is 9.97 Å². The van der Waals surface area contributed by atoms with E-state index < -0.39 is 0 Å². The molecule has 0 aliphatic heterocycles. The molecule has 0 saturated heterocycles. The number of nitrogens with zero attached hydrogens (tertiary/aromatic N) is 3. The van der Waals surface area contributed by atoms with Gasteiger partial charge in [-0.25, -0.2) is 9.97 Å². The summed E-state index contributed by atoms with van der Waals surface area (Å²) in [5, 5.41) is 9.73. The van der Waals surface area contributed by atoms with Crippen molar-refractivity contribution >= 4 is 17.4 Å². The molecule has 0 radical (unpaired) electrons. The van der Waals surface area contributed by atoms with Gasteiger partial charge in [-0.3, -0.25) is 0 Å². The van der Waals surface area contributed by atoms with Crippen molar-refractivity contribution in [3.05, 3.63) is 16.5 Å². The van der Waals surface area contributed by atoms with E-state index in [2.05, 4.69) is 9.97 Å². The van der Waals surface area contributed by atoms with Crippen LogP contribution in [0.25, 0.3) is 0 Å². The van der Waals surface area contributed by atoms with Gasteiger partial charge in [0.15, 0.2) is 0 Å². The van der Waals surface area contributed by atoms with Crippen molar-refractivity contribution in [3.63, 3.8) is 0 Å². The number of hydrogen-bond donors (Lipinski definition) is 1. The molecule has 1 aromatic rings. The first-order chi connectivity index (χ1) is 7.41. The average Bonchev–Trinajstić information content (AvgIpc) is 2.19. The van der Waals surface area contributed by atoms with Gasteiger partial charge < -0.3 is 10.0 Å². The molecule has 1 unspecified atom stereocenters. The molecule has 90 valence electrons. The lowest BCUT2D eigenvalue weighted by Crippen LogP contribution is -2.24. The molecule has 1 rings (SSSR count). The third-order valence-corrected chi connectivity index (χ3v) is 2.78. The van der Waals surface area contributed by atoms with Crippen LogP contribution in [0.2, 0.25) is 5.15 Å². The summed E-state index contributed by atoms with van der Waals surface area (Å²) in [4.78, 5) is 10.4. The highest BCUT2D eigenvalue weighted by Gasteiger charge is 2.11. The topological polar surface area (TPSA) is 49.2 Å². The van der Waals surface area contributed by atoms with Crippen LogP contribution in [0.5, 0.6) is 0 Å². The molecular weight excluding hydrogens is 226 g/mol. The largest absolute Gasteiger partial charge is 0.393 e. The molecule has 1 heterocycles. The molecule has 0 aliphatic rings. The molecule has 1 aromatic heterocycles. The number of halogens is 1. The van der Waals surface area contributed by atoms with Gasteiger partial charge in [0.05, 0.1) is 6.10 Å². The Morgan fingerprint density at radius 2 is 2.00 bits per heavy atom. The predicted molar refractivity (Wildman–Crippen MR) is 66.1 cm³/mol. The predicted octanol–water partition coefficient (Wildman–Crippen LogP) is 1.95. The second kappa shape index (κ2) is 5.46. The van der Waals surface area contributed by atoms with E-state index in [9.17, 15) is 5.11 Å². The Kier molecular flexibility index (Phi) is 4.50. The van der Waals surface area contributed by atoms with Crippen molar-refractivity contribution in [2.24, 2.45) is 0 Å². The fourth-order valence-corrected chi connectivity index (χ4v) is 1.65. The Labute approximate surface area is 101 Å². The third kappa shape index (κ3) is 3.32. The van der Waals surface area contributed by atoms with Crippen LogP contribution in [-0.4, -0.2) is 34.8 Å². The van der Waals surface area contributed by atoms with E-state index in [1.54, 1.807) is 6.92 Å². The highest BCUT2D eigenvalue weighted by Crippen LogP contribution is 2.22. The van der Waals surface area contributed by atoms with Crippen LogP contribution in [0.15, 0.2) is 0 Å². The zero-order chi connectivity index (χ0) is 12.3. The van der Waals surface area contributed by atoms with Gasteiger partial charge in [0.1, 0.15) is 16.8 Å². The van der Waals surface area contributed by atoms with Gasteiger partial charge in [-0.2, -0.15) is 0 Å². The lowest BCUT2D eigenvalue weighted by atomic mass is 10.2. The van der Waals surface area contributed by atoms with Crippen LogP contribution in [0.4, 0.5) is 5.82 Å². The van der Waals surface area contributed by atoms with Crippen molar-refractivity contribution in [1.29, 1.82) is 0 Å². The molecule has 0 fully saturated rings. The van der Waals surface area contributed by atoms with Crippen LogP contribution in [0.3, 0.4) is 0 Å². The smallest absolute Gasteiger partial charge is 0.137 e. The van der Waals surface area contributed by atoms with E-state index in [1.165, 1.54) is 0 Å². The second-order valence-corrected chi connectivity index (χ2v) is 4.43. The summed E-state index contributed by atoms with van der Waals surface area (Å²) >= 11 is 6.00. The van der Waals surface area contributed by atoms with Crippen molar-refractivity contribution in [2.75, 3.05) is 18.5 Å². The minimum Gasteiger partial charge on any atom is -0.393 e. The molecule has 0 aliphatic carbocycles. The van der Waals surface area contributed by atoms with E-state index >= 15 is 0 Å². The summed E-state index contributed by atoms with van der Waals surface area (Å²) < 4.78 is 0. The summed E-state index contributed by atoms with van der Waals surface area (Å²) in [6.45, 7) is 6.23. The Balaban J connectivity index is 2.86. The number of aliphatic hydroxyl groups excluding tert-OH is 1. The van der Waals surface area contributed by atoms with Crippen molar-refractivity contribution < 1.29 is 5.11 Å². The van der Waals surface area contributed by atoms with Crippen LogP contribution >= 0.6 is 11.6 Å². The molecular formula is C11H18ClN3O. The summed E-state index contributed by atoms with van der Waals surface area (Å²) in [5.41, 5.74) is 0.875. The first-order valence-electron chi connectivity index (χ1n) is 5.31. The van der Waals surface area contributed by atoms with Crippen molar-refractivity contribution in [2.45, 2.75) is 33.3 Å². The highest BCUT2D eigenvalue weighted by molar-refractivity contribution is 6.30. The fourth-order valence-electron chi connectivity index (χ4n) is 1.44. The van der Waals surface area contributed by atoms with E-state index in [0.717, 1.165) is 17.9 Å². The molecule has 16 heavy (non-hydrogen) atoms. The number of anilines is 1. The summed E-state index contributed by atoms with van der Waals surface area (Å²) in [5.74, 6) is 1.49. The maximum atomic E-state index is 9.24. The number of rotatable bonds is 4. The van der Waals surface area contributed by atoms with E-state index in [1.807, 2.05) is 25.8 Å². The minimum atomic E-state index is -0.304. The molecule has 0 aromatic carbocycles. The number of hydrogen-bond acceptors (Lipinski definition) is 4. The Morgan fingerprint density at radius 3 is 2.56 bits per heavy atom.